The van der Waals surface area contributed by atoms with Crippen molar-refractivity contribution in [3.05, 3.63) is 60.6 Å². The van der Waals surface area contributed by atoms with Crippen molar-refractivity contribution < 1.29 is 9.63 Å². The minimum Gasteiger partial charge on any atom is -0.399 e. The van der Waals surface area contributed by atoms with E-state index in [-0.39, 0.29) is 0 Å². The number of hydrogen-bond acceptors (Lipinski definition) is 5. The van der Waals surface area contributed by atoms with Crippen LogP contribution in [-0.2, 0) is 11.5 Å². The van der Waals surface area contributed by atoms with Crippen molar-refractivity contribution in [1.82, 2.24) is 15.0 Å². The third-order valence-electron chi connectivity index (χ3n) is 3.09. The van der Waals surface area contributed by atoms with Gasteiger partial charge in [-0.15, -0.1) is 5.48 Å². The summed E-state index contributed by atoms with van der Waals surface area (Å²) in [7, 11) is 0. The van der Waals surface area contributed by atoms with Gasteiger partial charge in [-0.3, -0.25) is 4.98 Å². The van der Waals surface area contributed by atoms with Crippen molar-refractivity contribution in [3.63, 3.8) is 0 Å². The molecule has 2 aromatic heterocycles. The molecule has 106 valence electrons. The molecule has 0 aliphatic heterocycles. The molecule has 2 heterocycles. The minimum atomic E-state index is -0.469. The predicted molar refractivity (Wildman–Crippen MR) is 79.1 cm³/mol. The van der Waals surface area contributed by atoms with Crippen molar-refractivity contribution in [2.75, 3.05) is 5.73 Å². The fourth-order valence-electron chi connectivity index (χ4n) is 2.07. The Hall–Kier alpha value is -2.86. The van der Waals surface area contributed by atoms with Crippen LogP contribution < -0.4 is 11.2 Å². The lowest BCUT2D eigenvalue weighted by Gasteiger charge is -2.08. The van der Waals surface area contributed by atoms with E-state index in [9.17, 15) is 4.79 Å². The molecule has 0 saturated carbocycles. The fourth-order valence-corrected chi connectivity index (χ4v) is 2.07. The van der Waals surface area contributed by atoms with E-state index in [1.165, 1.54) is 6.20 Å². The molecule has 0 atom stereocenters. The van der Waals surface area contributed by atoms with Crippen LogP contribution in [0.1, 0.15) is 10.4 Å². The van der Waals surface area contributed by atoms with Gasteiger partial charge < -0.3 is 15.1 Å². The monoisotopic (exact) mass is 282 g/mol. The Morgan fingerprint density at radius 1 is 1.33 bits per heavy atom. The zero-order valence-electron chi connectivity index (χ0n) is 11.2. The quantitative estimate of drug-likeness (QED) is 0.564. The van der Waals surface area contributed by atoms with E-state index in [4.69, 9.17) is 10.6 Å². The van der Waals surface area contributed by atoms with E-state index in [0.29, 0.717) is 12.2 Å². The van der Waals surface area contributed by atoms with Gasteiger partial charge in [-0.25, -0.2) is 4.79 Å². The van der Waals surface area contributed by atoms with Gasteiger partial charge in [0.05, 0.1) is 5.56 Å². The van der Waals surface area contributed by atoms with E-state index < -0.39 is 5.97 Å². The highest BCUT2D eigenvalue weighted by atomic mass is 16.7. The Kier molecular flexibility index (Phi) is 3.53. The second-order valence-electron chi connectivity index (χ2n) is 4.54. The number of anilines is 1. The van der Waals surface area contributed by atoms with E-state index in [0.717, 1.165) is 16.6 Å². The highest BCUT2D eigenvalue weighted by molar-refractivity contribution is 5.88. The van der Waals surface area contributed by atoms with Gasteiger partial charge in [0.15, 0.2) is 0 Å². The van der Waals surface area contributed by atoms with Crippen LogP contribution in [0, 0.1) is 0 Å². The molecule has 1 aromatic carbocycles. The summed E-state index contributed by atoms with van der Waals surface area (Å²) in [5, 5.41) is 1.04. The van der Waals surface area contributed by atoms with Gasteiger partial charge in [0.2, 0.25) is 0 Å². The van der Waals surface area contributed by atoms with Crippen LogP contribution in [0.15, 0.2) is 55.0 Å². The van der Waals surface area contributed by atoms with Gasteiger partial charge in [0, 0.05) is 35.2 Å². The van der Waals surface area contributed by atoms with Crippen LogP contribution >= 0.6 is 0 Å². The first-order valence-corrected chi connectivity index (χ1v) is 6.42. The van der Waals surface area contributed by atoms with Crippen molar-refractivity contribution >= 4 is 22.6 Å². The zero-order valence-corrected chi connectivity index (χ0v) is 11.2. The molecule has 0 unspecified atom stereocenters. The predicted octanol–water partition coefficient (Wildman–Crippen LogP) is 1.94. The zero-order chi connectivity index (χ0) is 14.7. The largest absolute Gasteiger partial charge is 0.399 e. The summed E-state index contributed by atoms with van der Waals surface area (Å²) in [5.41, 5.74) is 10.5. The molecule has 6 nitrogen and oxygen atoms in total. The van der Waals surface area contributed by atoms with Crippen LogP contribution in [0.2, 0.25) is 0 Å². The first-order valence-electron chi connectivity index (χ1n) is 6.42. The Balaban J connectivity index is 1.63. The standard InChI is InChI=1S/C15H14N4O2/c16-13-3-4-14-11(8-13)5-7-19(14)10-18-21-15(20)12-2-1-6-17-9-12/h1-9,18H,10,16H2. The van der Waals surface area contributed by atoms with Crippen molar-refractivity contribution in [2.24, 2.45) is 0 Å². The molecule has 0 aliphatic carbocycles. The number of hydroxylamine groups is 1. The Bertz CT molecular complexity index is 768. The lowest BCUT2D eigenvalue weighted by atomic mass is 10.2. The van der Waals surface area contributed by atoms with E-state index in [2.05, 4.69) is 10.5 Å². The van der Waals surface area contributed by atoms with Crippen molar-refractivity contribution in [3.8, 4) is 0 Å². The van der Waals surface area contributed by atoms with Crippen LogP contribution in [-0.4, -0.2) is 15.5 Å². The lowest BCUT2D eigenvalue weighted by Crippen LogP contribution is -2.22. The molecular formula is C15H14N4O2. The van der Waals surface area contributed by atoms with Crippen LogP contribution in [0.25, 0.3) is 10.9 Å². The summed E-state index contributed by atoms with van der Waals surface area (Å²) in [5.74, 6) is -0.469. The summed E-state index contributed by atoms with van der Waals surface area (Å²) < 4.78 is 1.92. The first kappa shape index (κ1) is 13.1. The maximum atomic E-state index is 11.7. The van der Waals surface area contributed by atoms with Gasteiger partial charge in [0.1, 0.15) is 6.67 Å². The van der Waals surface area contributed by atoms with E-state index in [1.807, 2.05) is 35.0 Å². The SMILES string of the molecule is Nc1ccc2c(ccn2CNOC(=O)c2cccnc2)c1. The lowest BCUT2D eigenvalue weighted by molar-refractivity contribution is 0.0190. The molecule has 0 saturated heterocycles. The molecule has 0 spiro atoms. The normalized spacial score (nSPS) is 10.7. The molecule has 0 aliphatic rings. The molecule has 0 bridgehead atoms. The smallest absolute Gasteiger partial charge is 0.358 e. The van der Waals surface area contributed by atoms with E-state index >= 15 is 0 Å². The number of carbonyl (C=O) groups is 1. The van der Waals surface area contributed by atoms with Gasteiger partial charge in [-0.2, -0.15) is 0 Å². The maximum Gasteiger partial charge on any atom is 0.358 e. The number of nitrogens with zero attached hydrogens (tertiary/aromatic N) is 2. The Labute approximate surface area is 121 Å². The Morgan fingerprint density at radius 2 is 2.24 bits per heavy atom. The molecule has 3 N–H and O–H groups in total. The number of rotatable bonds is 4. The number of carbonyl (C=O) groups excluding carboxylic acids is 1. The number of benzene rings is 1. The number of aromatic nitrogens is 2. The number of pyridine rings is 1. The highest BCUT2D eigenvalue weighted by Gasteiger charge is 2.07. The molecule has 6 heteroatoms. The van der Waals surface area contributed by atoms with Crippen LogP contribution in [0.5, 0.6) is 0 Å². The number of fused-ring (bicyclic) bond motifs is 1. The molecule has 0 amide bonds. The van der Waals surface area contributed by atoms with Crippen molar-refractivity contribution in [2.45, 2.75) is 6.67 Å². The third kappa shape index (κ3) is 2.85. The summed E-state index contributed by atoms with van der Waals surface area (Å²) in [6, 6.07) is 10.9. The summed E-state index contributed by atoms with van der Waals surface area (Å²) in [4.78, 5) is 20.6. The summed E-state index contributed by atoms with van der Waals surface area (Å²) in [6.07, 6.45) is 4.95. The van der Waals surface area contributed by atoms with Gasteiger partial charge >= 0.3 is 5.97 Å². The maximum absolute atomic E-state index is 11.7. The second kappa shape index (κ2) is 5.64. The number of nitrogens with two attached hydrogens (primary N) is 1. The third-order valence-corrected chi connectivity index (χ3v) is 3.09. The molecule has 21 heavy (non-hydrogen) atoms. The molecule has 3 aromatic rings. The molecular weight excluding hydrogens is 268 g/mol. The van der Waals surface area contributed by atoms with Gasteiger partial charge in [-0.1, -0.05) is 0 Å². The highest BCUT2D eigenvalue weighted by Crippen LogP contribution is 2.18. The second-order valence-corrected chi connectivity index (χ2v) is 4.54. The fraction of sp³-hybridized carbons (Fsp3) is 0.0667. The molecule has 0 radical (unpaired) electrons. The first-order chi connectivity index (χ1) is 10.2. The van der Waals surface area contributed by atoms with Gasteiger partial charge in [-0.05, 0) is 36.4 Å². The summed E-state index contributed by atoms with van der Waals surface area (Å²) >= 11 is 0. The summed E-state index contributed by atoms with van der Waals surface area (Å²) in [6.45, 7) is 0.347. The average molecular weight is 282 g/mol. The number of nitrogens with one attached hydrogen (secondary N) is 1. The van der Waals surface area contributed by atoms with E-state index in [1.54, 1.807) is 18.3 Å². The Morgan fingerprint density at radius 3 is 3.05 bits per heavy atom. The van der Waals surface area contributed by atoms with Crippen LogP contribution in [0.3, 0.4) is 0 Å². The van der Waals surface area contributed by atoms with Crippen LogP contribution in [0.4, 0.5) is 5.69 Å². The number of hydrogen-bond donors (Lipinski definition) is 2. The average Bonchev–Trinajstić information content (AvgIpc) is 2.90. The number of nitrogen functional groups attached to an aromatic ring is 1. The molecule has 0 fully saturated rings. The van der Waals surface area contributed by atoms with Crippen molar-refractivity contribution in [1.29, 1.82) is 0 Å². The minimum absolute atomic E-state index is 0.347. The molecule has 3 rings (SSSR count). The van der Waals surface area contributed by atoms with Gasteiger partial charge in [0.25, 0.3) is 0 Å². The topological polar surface area (TPSA) is 82.2 Å².